The zero-order valence-electron chi connectivity index (χ0n) is 17.6. The Balaban J connectivity index is 2.14. The van der Waals surface area contributed by atoms with Gasteiger partial charge in [0.1, 0.15) is 12.2 Å². The van der Waals surface area contributed by atoms with E-state index >= 15 is 0 Å². The smallest absolute Gasteiger partial charge is 0.425 e. The second-order valence-corrected chi connectivity index (χ2v) is 7.12. The number of aromatic nitrogens is 5. The van der Waals surface area contributed by atoms with Gasteiger partial charge in [-0.25, -0.2) is 14.2 Å². The predicted octanol–water partition coefficient (Wildman–Crippen LogP) is 2.71. The summed E-state index contributed by atoms with van der Waals surface area (Å²) in [4.78, 5) is 32.7. The molecule has 0 aliphatic heterocycles. The fraction of sp³-hybridized carbons (Fsp3) is 0.316. The molecule has 1 amide bonds. The number of halogens is 5. The molecule has 0 aromatic carbocycles. The van der Waals surface area contributed by atoms with Gasteiger partial charge in [-0.1, -0.05) is 11.6 Å². The first-order valence-corrected chi connectivity index (χ1v) is 10.0. The van der Waals surface area contributed by atoms with Crippen molar-refractivity contribution < 1.29 is 32.2 Å². The molecule has 1 atom stereocenters. The number of hydrogen-bond donors (Lipinski definition) is 2. The van der Waals surface area contributed by atoms with E-state index in [2.05, 4.69) is 20.4 Å². The van der Waals surface area contributed by atoms with Crippen molar-refractivity contribution in [1.82, 2.24) is 24.3 Å². The lowest BCUT2D eigenvalue weighted by atomic mass is 10.2. The summed E-state index contributed by atoms with van der Waals surface area (Å²) in [5, 5.41) is 15.3. The summed E-state index contributed by atoms with van der Waals surface area (Å²) in [6.45, 7) is 1.62. The SMILES string of the molecule is CCn1c(CO)nn(-c2nc(OC(C)C(F)(F)F)c(C(=O)Nc3cccnc3Cl)cc2F)c1=O. The normalized spacial score (nSPS) is 12.5. The fourth-order valence-electron chi connectivity index (χ4n) is 2.78. The van der Waals surface area contributed by atoms with Gasteiger partial charge in [0.15, 0.2) is 28.7 Å². The molecule has 3 rings (SSSR count). The quantitative estimate of drug-likeness (QED) is 0.374. The van der Waals surface area contributed by atoms with E-state index in [4.69, 9.17) is 16.3 Å². The van der Waals surface area contributed by atoms with E-state index in [0.29, 0.717) is 17.7 Å². The molecule has 0 aliphatic carbocycles. The number of amides is 1. The van der Waals surface area contributed by atoms with Crippen LogP contribution < -0.4 is 15.7 Å². The molecule has 0 saturated carbocycles. The highest BCUT2D eigenvalue weighted by molar-refractivity contribution is 6.32. The molecule has 0 aliphatic rings. The molecular formula is C19H17ClF4N6O4. The lowest BCUT2D eigenvalue weighted by Crippen LogP contribution is -2.33. The lowest BCUT2D eigenvalue weighted by molar-refractivity contribution is -0.190. The van der Waals surface area contributed by atoms with E-state index in [1.807, 2.05) is 0 Å². The standard InChI is InChI=1S/C19H17ClF4N6O4/c1-3-29-13(8-31)28-30(18(29)33)15-11(21)7-10(17(27-15)34-9(2)19(22,23)24)16(32)26-12-5-4-6-25-14(12)20/h4-7,9,31H,3,8H2,1-2H3,(H,26,32). The molecule has 0 bridgehead atoms. The van der Waals surface area contributed by atoms with Crippen LogP contribution in [0.15, 0.2) is 29.2 Å². The number of carbonyl (C=O) groups excluding carboxylic acids is 1. The second-order valence-electron chi connectivity index (χ2n) is 6.76. The minimum absolute atomic E-state index is 0.000956. The minimum Gasteiger partial charge on any atom is -0.464 e. The Bertz CT molecular complexity index is 1280. The Kier molecular flexibility index (Phi) is 7.21. The molecule has 0 saturated heterocycles. The fourth-order valence-corrected chi connectivity index (χ4v) is 2.94. The molecular weight excluding hydrogens is 488 g/mol. The average Bonchev–Trinajstić information content (AvgIpc) is 3.10. The molecule has 0 radical (unpaired) electrons. The van der Waals surface area contributed by atoms with Crippen molar-refractivity contribution in [3.05, 3.63) is 57.2 Å². The van der Waals surface area contributed by atoms with Crippen LogP contribution in [0.4, 0.5) is 23.2 Å². The second kappa shape index (κ2) is 9.77. The molecule has 0 fully saturated rings. The van der Waals surface area contributed by atoms with E-state index in [1.54, 1.807) is 6.92 Å². The Morgan fingerprint density at radius 2 is 2.09 bits per heavy atom. The topological polar surface area (TPSA) is 124 Å². The van der Waals surface area contributed by atoms with Crippen LogP contribution in [0.25, 0.3) is 5.82 Å². The van der Waals surface area contributed by atoms with Gasteiger partial charge in [0.25, 0.3) is 5.91 Å². The first-order chi connectivity index (χ1) is 16.0. The predicted molar refractivity (Wildman–Crippen MR) is 111 cm³/mol. The van der Waals surface area contributed by atoms with Crippen LogP contribution in [0.1, 0.15) is 30.0 Å². The van der Waals surface area contributed by atoms with Gasteiger partial charge >= 0.3 is 11.9 Å². The molecule has 10 nitrogen and oxygen atoms in total. The third-order valence-electron chi connectivity index (χ3n) is 4.52. The van der Waals surface area contributed by atoms with E-state index in [1.165, 1.54) is 18.3 Å². The summed E-state index contributed by atoms with van der Waals surface area (Å²) in [7, 11) is 0. The number of alkyl halides is 3. The Morgan fingerprint density at radius 1 is 1.38 bits per heavy atom. The van der Waals surface area contributed by atoms with E-state index in [-0.39, 0.29) is 23.2 Å². The third-order valence-corrected chi connectivity index (χ3v) is 4.82. The largest absolute Gasteiger partial charge is 0.464 e. The Morgan fingerprint density at radius 3 is 2.65 bits per heavy atom. The van der Waals surface area contributed by atoms with Crippen LogP contribution in [0.5, 0.6) is 5.88 Å². The maximum absolute atomic E-state index is 15.0. The zero-order chi connectivity index (χ0) is 25.2. The van der Waals surface area contributed by atoms with Crippen molar-refractivity contribution in [2.75, 3.05) is 5.32 Å². The number of nitrogens with one attached hydrogen (secondary N) is 1. The first-order valence-electron chi connectivity index (χ1n) is 9.63. The molecule has 2 N–H and O–H groups in total. The van der Waals surface area contributed by atoms with E-state index < -0.39 is 53.6 Å². The van der Waals surface area contributed by atoms with Crippen LogP contribution >= 0.6 is 11.6 Å². The van der Waals surface area contributed by atoms with Crippen molar-refractivity contribution in [3.63, 3.8) is 0 Å². The van der Waals surface area contributed by atoms with Crippen molar-refractivity contribution >= 4 is 23.2 Å². The van der Waals surface area contributed by atoms with Gasteiger partial charge in [-0.2, -0.15) is 22.8 Å². The number of rotatable bonds is 7. The zero-order valence-corrected chi connectivity index (χ0v) is 18.4. The number of carbonyl (C=O) groups is 1. The third kappa shape index (κ3) is 5.02. The van der Waals surface area contributed by atoms with Gasteiger partial charge in [-0.15, -0.1) is 5.10 Å². The number of aliphatic hydroxyl groups excluding tert-OH is 1. The molecule has 0 spiro atoms. The average molecular weight is 505 g/mol. The first kappa shape index (κ1) is 25.1. The number of pyridine rings is 2. The van der Waals surface area contributed by atoms with Crippen molar-refractivity contribution in [3.8, 4) is 11.7 Å². The van der Waals surface area contributed by atoms with Crippen LogP contribution in [-0.4, -0.2) is 47.6 Å². The van der Waals surface area contributed by atoms with Gasteiger partial charge in [0, 0.05) is 12.7 Å². The number of ether oxygens (including phenoxy) is 1. The van der Waals surface area contributed by atoms with Crippen LogP contribution in [0.3, 0.4) is 0 Å². The highest BCUT2D eigenvalue weighted by Crippen LogP contribution is 2.29. The lowest BCUT2D eigenvalue weighted by Gasteiger charge is -2.19. The monoisotopic (exact) mass is 504 g/mol. The molecule has 3 aromatic heterocycles. The van der Waals surface area contributed by atoms with Gasteiger partial charge in [-0.3, -0.25) is 9.36 Å². The van der Waals surface area contributed by atoms with Crippen molar-refractivity contribution in [2.45, 2.75) is 39.3 Å². The van der Waals surface area contributed by atoms with Crippen LogP contribution in [0.2, 0.25) is 5.15 Å². The number of nitrogens with zero attached hydrogens (tertiary/aromatic N) is 5. The summed E-state index contributed by atoms with van der Waals surface area (Å²) in [6, 6.07) is 3.34. The van der Waals surface area contributed by atoms with Gasteiger partial charge in [0.2, 0.25) is 5.88 Å². The summed E-state index contributed by atoms with van der Waals surface area (Å²) < 4.78 is 60.6. The van der Waals surface area contributed by atoms with Gasteiger partial charge in [-0.05, 0) is 32.0 Å². The van der Waals surface area contributed by atoms with Crippen molar-refractivity contribution in [1.29, 1.82) is 0 Å². The summed E-state index contributed by atoms with van der Waals surface area (Å²) in [5.74, 6) is -4.23. The number of hydrogen-bond acceptors (Lipinski definition) is 7. The highest BCUT2D eigenvalue weighted by Gasteiger charge is 2.39. The molecule has 3 aromatic rings. The van der Waals surface area contributed by atoms with Gasteiger partial charge < -0.3 is 15.2 Å². The number of anilines is 1. The molecule has 15 heteroatoms. The Labute approximate surface area is 193 Å². The molecule has 34 heavy (non-hydrogen) atoms. The molecule has 1 unspecified atom stereocenters. The summed E-state index contributed by atoms with van der Waals surface area (Å²) in [6.07, 6.45) is -5.95. The molecule has 3 heterocycles. The highest BCUT2D eigenvalue weighted by atomic mass is 35.5. The minimum atomic E-state index is -4.85. The summed E-state index contributed by atoms with van der Waals surface area (Å²) in [5.41, 5.74) is -1.62. The maximum atomic E-state index is 15.0. The molecule has 182 valence electrons. The van der Waals surface area contributed by atoms with Crippen molar-refractivity contribution in [2.24, 2.45) is 0 Å². The Hall–Kier alpha value is -3.52. The summed E-state index contributed by atoms with van der Waals surface area (Å²) >= 11 is 5.87. The van der Waals surface area contributed by atoms with Gasteiger partial charge in [0.05, 0.1) is 5.69 Å². The maximum Gasteiger partial charge on any atom is 0.425 e. The van der Waals surface area contributed by atoms with Crippen LogP contribution in [0, 0.1) is 5.82 Å². The van der Waals surface area contributed by atoms with E-state index in [9.17, 15) is 32.3 Å². The number of aliphatic hydroxyl groups is 1. The van der Waals surface area contributed by atoms with Crippen LogP contribution in [-0.2, 0) is 13.2 Å². The van der Waals surface area contributed by atoms with E-state index in [0.717, 1.165) is 4.57 Å².